The first-order chi connectivity index (χ1) is 6.06. The fourth-order valence-electron chi connectivity index (χ4n) is 0.510. The van der Waals surface area contributed by atoms with E-state index in [1.807, 2.05) is 0 Å². The average molecular weight is 188 g/mol. The largest absolute Gasteiger partial charge is 0.468 e. The predicted molar refractivity (Wildman–Crippen MR) is 43.7 cm³/mol. The molecule has 0 aliphatic carbocycles. The summed E-state index contributed by atoms with van der Waals surface area (Å²) in [6.45, 7) is 0.981. The van der Waals surface area contributed by atoms with Gasteiger partial charge in [0.1, 0.15) is 6.54 Å². The lowest BCUT2D eigenvalue weighted by molar-refractivity contribution is -0.141. The molecule has 0 unspecified atom stereocenters. The van der Waals surface area contributed by atoms with Gasteiger partial charge >= 0.3 is 5.97 Å². The van der Waals surface area contributed by atoms with E-state index in [2.05, 4.69) is 15.4 Å². The Morgan fingerprint density at radius 1 is 1.15 bits per heavy atom. The summed E-state index contributed by atoms with van der Waals surface area (Å²) in [5.41, 5.74) is 0. The third-order valence-electron chi connectivity index (χ3n) is 1.16. The molecule has 0 fully saturated rings. The molecule has 0 atom stereocenters. The lowest BCUT2D eigenvalue weighted by Gasteiger charge is -2.03. The van der Waals surface area contributed by atoms with Crippen molar-refractivity contribution in [2.24, 2.45) is 0 Å². The van der Waals surface area contributed by atoms with Gasteiger partial charge in [0.25, 0.3) is 0 Å². The molecule has 0 spiro atoms. The van der Waals surface area contributed by atoms with Gasteiger partial charge < -0.3 is 15.4 Å². The molecule has 6 nitrogen and oxygen atoms in total. The molecular formula is C7H12N2O4. The molecule has 0 aromatic carbocycles. The quantitative estimate of drug-likeness (QED) is 0.521. The molecule has 13 heavy (non-hydrogen) atoms. The van der Waals surface area contributed by atoms with Gasteiger partial charge in [-0.25, -0.2) is 0 Å². The van der Waals surface area contributed by atoms with E-state index in [1.165, 1.54) is 14.0 Å². The summed E-state index contributed by atoms with van der Waals surface area (Å²) in [7, 11) is 1.22. The van der Waals surface area contributed by atoms with Gasteiger partial charge in [0.15, 0.2) is 0 Å². The number of amides is 2. The number of carbonyl (C=O) groups is 3. The zero-order valence-electron chi connectivity index (χ0n) is 7.55. The molecular weight excluding hydrogens is 176 g/mol. The van der Waals surface area contributed by atoms with Crippen LogP contribution in [0, 0.1) is 0 Å². The van der Waals surface area contributed by atoms with Gasteiger partial charge in [0.05, 0.1) is 13.7 Å². The highest BCUT2D eigenvalue weighted by atomic mass is 16.5. The lowest BCUT2D eigenvalue weighted by atomic mass is 10.5. The Morgan fingerprint density at radius 3 is 2.23 bits per heavy atom. The third kappa shape index (κ3) is 6.79. The minimum atomic E-state index is -0.531. The number of rotatable bonds is 4. The van der Waals surface area contributed by atoms with Crippen LogP contribution < -0.4 is 10.6 Å². The van der Waals surface area contributed by atoms with Crippen molar-refractivity contribution in [1.29, 1.82) is 0 Å². The van der Waals surface area contributed by atoms with Crippen molar-refractivity contribution >= 4 is 17.8 Å². The number of nitrogens with one attached hydrogen (secondary N) is 2. The van der Waals surface area contributed by atoms with Crippen LogP contribution in [0.5, 0.6) is 0 Å². The van der Waals surface area contributed by atoms with Crippen molar-refractivity contribution in [3.05, 3.63) is 0 Å². The monoisotopic (exact) mass is 188 g/mol. The van der Waals surface area contributed by atoms with Gasteiger partial charge in [-0.15, -0.1) is 0 Å². The van der Waals surface area contributed by atoms with Crippen molar-refractivity contribution in [2.45, 2.75) is 6.92 Å². The Labute approximate surface area is 75.6 Å². The van der Waals surface area contributed by atoms with Gasteiger partial charge in [0.2, 0.25) is 11.8 Å². The predicted octanol–water partition coefficient (Wildman–Crippen LogP) is -1.59. The van der Waals surface area contributed by atoms with Crippen molar-refractivity contribution in [3.63, 3.8) is 0 Å². The Hall–Kier alpha value is -1.59. The smallest absolute Gasteiger partial charge is 0.325 e. The number of methoxy groups -OCH3 is 1. The van der Waals surface area contributed by atoms with Crippen molar-refractivity contribution in [2.75, 3.05) is 20.2 Å². The van der Waals surface area contributed by atoms with E-state index < -0.39 is 11.9 Å². The van der Waals surface area contributed by atoms with Crippen molar-refractivity contribution in [1.82, 2.24) is 10.6 Å². The van der Waals surface area contributed by atoms with Gasteiger partial charge in [-0.1, -0.05) is 0 Å². The number of hydrogen-bond acceptors (Lipinski definition) is 4. The summed E-state index contributed by atoms with van der Waals surface area (Å²) in [5, 5.41) is 4.54. The Kier molecular flexibility index (Phi) is 5.25. The summed E-state index contributed by atoms with van der Waals surface area (Å²) >= 11 is 0. The van der Waals surface area contributed by atoms with Crippen molar-refractivity contribution < 1.29 is 19.1 Å². The Bertz CT molecular complexity index is 215. The summed E-state index contributed by atoms with van der Waals surface area (Å²) in [4.78, 5) is 31.7. The van der Waals surface area contributed by atoms with E-state index in [4.69, 9.17) is 0 Å². The van der Waals surface area contributed by atoms with Crippen LogP contribution in [-0.2, 0) is 19.1 Å². The summed E-state index contributed by atoms with van der Waals surface area (Å²) in [5.74, 6) is -1.26. The van der Waals surface area contributed by atoms with E-state index >= 15 is 0 Å². The van der Waals surface area contributed by atoms with Crippen LogP contribution in [0.15, 0.2) is 0 Å². The van der Waals surface area contributed by atoms with Crippen LogP contribution in [0.25, 0.3) is 0 Å². The minimum Gasteiger partial charge on any atom is -0.468 e. The Morgan fingerprint density at radius 2 is 1.77 bits per heavy atom. The molecule has 0 aromatic rings. The highest BCUT2D eigenvalue weighted by Gasteiger charge is 2.04. The first kappa shape index (κ1) is 11.4. The van der Waals surface area contributed by atoms with E-state index in [9.17, 15) is 14.4 Å². The van der Waals surface area contributed by atoms with Gasteiger partial charge in [-0.3, -0.25) is 14.4 Å². The molecule has 0 aliphatic rings. The molecule has 0 bridgehead atoms. The average Bonchev–Trinajstić information content (AvgIpc) is 2.10. The van der Waals surface area contributed by atoms with Crippen LogP contribution in [0.4, 0.5) is 0 Å². The summed E-state index contributed by atoms with van der Waals surface area (Å²) in [6, 6.07) is 0. The van der Waals surface area contributed by atoms with Crippen LogP contribution in [-0.4, -0.2) is 38.0 Å². The van der Waals surface area contributed by atoms with E-state index in [0.29, 0.717) is 0 Å². The normalized spacial score (nSPS) is 8.77. The molecule has 6 heteroatoms. The van der Waals surface area contributed by atoms with Crippen LogP contribution >= 0.6 is 0 Å². The SMILES string of the molecule is COC(=O)CNC(=O)CNC(C)=O. The standard InChI is InChI=1S/C7H12N2O4/c1-5(10)8-3-6(11)9-4-7(12)13-2/h3-4H2,1-2H3,(H,8,10)(H,9,11). The molecule has 2 N–H and O–H groups in total. The third-order valence-corrected chi connectivity index (χ3v) is 1.16. The zero-order chi connectivity index (χ0) is 10.3. The summed E-state index contributed by atoms with van der Waals surface area (Å²) < 4.78 is 4.29. The molecule has 0 heterocycles. The zero-order valence-corrected chi connectivity index (χ0v) is 7.55. The molecule has 0 radical (unpaired) electrons. The highest BCUT2D eigenvalue weighted by molar-refractivity contribution is 5.86. The minimum absolute atomic E-state index is 0.133. The first-order valence-electron chi connectivity index (χ1n) is 3.64. The number of carbonyl (C=O) groups excluding carboxylic acids is 3. The maximum absolute atomic E-state index is 10.8. The second-order valence-corrected chi connectivity index (χ2v) is 2.26. The number of ether oxygens (including phenoxy) is 1. The van der Waals surface area contributed by atoms with Crippen LogP contribution in [0.2, 0.25) is 0 Å². The Balaban J connectivity index is 3.52. The molecule has 0 saturated heterocycles. The molecule has 0 saturated carbocycles. The summed E-state index contributed by atoms with van der Waals surface area (Å²) in [6.07, 6.45) is 0. The lowest BCUT2D eigenvalue weighted by Crippen LogP contribution is -2.38. The molecule has 2 amide bonds. The number of esters is 1. The van der Waals surface area contributed by atoms with E-state index in [1.54, 1.807) is 0 Å². The van der Waals surface area contributed by atoms with Crippen LogP contribution in [0.1, 0.15) is 6.92 Å². The maximum Gasteiger partial charge on any atom is 0.325 e. The maximum atomic E-state index is 10.8. The van der Waals surface area contributed by atoms with E-state index in [-0.39, 0.29) is 19.0 Å². The van der Waals surface area contributed by atoms with Gasteiger partial charge in [-0.05, 0) is 0 Å². The van der Waals surface area contributed by atoms with Gasteiger partial charge in [0, 0.05) is 6.92 Å². The van der Waals surface area contributed by atoms with E-state index in [0.717, 1.165) is 0 Å². The molecule has 74 valence electrons. The number of hydrogen-bond donors (Lipinski definition) is 2. The van der Waals surface area contributed by atoms with Gasteiger partial charge in [-0.2, -0.15) is 0 Å². The molecule has 0 aromatic heterocycles. The van der Waals surface area contributed by atoms with Crippen molar-refractivity contribution in [3.8, 4) is 0 Å². The molecule has 0 aliphatic heterocycles. The second kappa shape index (κ2) is 5.99. The topological polar surface area (TPSA) is 84.5 Å². The van der Waals surface area contributed by atoms with Crippen LogP contribution in [0.3, 0.4) is 0 Å². The second-order valence-electron chi connectivity index (χ2n) is 2.26. The highest BCUT2D eigenvalue weighted by Crippen LogP contribution is 1.70. The molecule has 0 rings (SSSR count). The fourth-order valence-corrected chi connectivity index (χ4v) is 0.510. The fraction of sp³-hybridized carbons (Fsp3) is 0.571. The first-order valence-corrected chi connectivity index (χ1v) is 3.64.